The lowest BCUT2D eigenvalue weighted by molar-refractivity contribution is 0.0185. The van der Waals surface area contributed by atoms with Crippen molar-refractivity contribution < 1.29 is 13.5 Å². The predicted molar refractivity (Wildman–Crippen MR) is 92.4 cm³/mol. The molecule has 3 rings (SSSR count). The molecule has 2 aromatic rings. The van der Waals surface area contributed by atoms with Gasteiger partial charge in [0.2, 0.25) is 10.0 Å². The van der Waals surface area contributed by atoms with Gasteiger partial charge in [0.05, 0.1) is 4.90 Å². The summed E-state index contributed by atoms with van der Waals surface area (Å²) < 4.78 is 28.1. The molecule has 1 unspecified atom stereocenters. The zero-order valence-corrected chi connectivity index (χ0v) is 14.8. The Balaban J connectivity index is 1.84. The Morgan fingerprint density at radius 1 is 1.09 bits per heavy atom. The first kappa shape index (κ1) is 16.6. The third-order valence-corrected chi connectivity index (χ3v) is 6.60. The van der Waals surface area contributed by atoms with E-state index in [9.17, 15) is 13.5 Å². The largest absolute Gasteiger partial charge is 0.383 e. The summed E-state index contributed by atoms with van der Waals surface area (Å²) in [5.74, 6) is 0.0896. The van der Waals surface area contributed by atoms with Crippen LogP contribution in [-0.2, 0) is 15.6 Å². The summed E-state index contributed by atoms with van der Waals surface area (Å²) in [6.07, 6.45) is 1.81. The molecule has 0 aliphatic heterocycles. The Morgan fingerprint density at radius 2 is 1.70 bits per heavy atom. The number of benzene rings is 2. The van der Waals surface area contributed by atoms with E-state index in [1.54, 1.807) is 18.2 Å². The maximum Gasteiger partial charge on any atom is 0.241 e. The lowest BCUT2D eigenvalue weighted by Crippen LogP contribution is -2.42. The van der Waals surface area contributed by atoms with E-state index in [0.717, 1.165) is 18.4 Å². The van der Waals surface area contributed by atoms with E-state index < -0.39 is 15.6 Å². The summed E-state index contributed by atoms with van der Waals surface area (Å²) in [6, 6.07) is 15.9. The SMILES string of the molecule is O=S(=O)(NCC(O)(c1ccccc1)C1CC1)c1ccccc1Br. The summed E-state index contributed by atoms with van der Waals surface area (Å²) in [5, 5.41) is 11.1. The lowest BCUT2D eigenvalue weighted by Gasteiger charge is -2.29. The Bertz CT molecular complexity index is 790. The van der Waals surface area contributed by atoms with Gasteiger partial charge in [-0.1, -0.05) is 42.5 Å². The summed E-state index contributed by atoms with van der Waals surface area (Å²) >= 11 is 3.26. The van der Waals surface area contributed by atoms with Crippen molar-refractivity contribution in [2.75, 3.05) is 6.54 Å². The molecule has 1 fully saturated rings. The topological polar surface area (TPSA) is 66.4 Å². The van der Waals surface area contributed by atoms with Gasteiger partial charge in [-0.05, 0) is 52.4 Å². The number of halogens is 1. The van der Waals surface area contributed by atoms with Crippen LogP contribution in [0, 0.1) is 5.92 Å². The average Bonchev–Trinajstić information content (AvgIpc) is 3.39. The van der Waals surface area contributed by atoms with Crippen LogP contribution in [0.4, 0.5) is 0 Å². The molecule has 0 aromatic heterocycles. The molecule has 23 heavy (non-hydrogen) atoms. The molecule has 0 bridgehead atoms. The van der Waals surface area contributed by atoms with Gasteiger partial charge in [0.15, 0.2) is 0 Å². The number of sulfonamides is 1. The standard InChI is InChI=1S/C17H18BrNO3S/c18-15-8-4-5-9-16(15)23(21,22)19-12-17(20,14-10-11-14)13-6-2-1-3-7-13/h1-9,14,19-20H,10-12H2. The maximum atomic E-state index is 12.5. The van der Waals surface area contributed by atoms with Crippen LogP contribution >= 0.6 is 15.9 Å². The molecule has 0 radical (unpaired) electrons. The van der Waals surface area contributed by atoms with E-state index in [1.165, 1.54) is 6.07 Å². The zero-order valence-electron chi connectivity index (χ0n) is 12.4. The van der Waals surface area contributed by atoms with Gasteiger partial charge in [-0.2, -0.15) is 0 Å². The van der Waals surface area contributed by atoms with E-state index >= 15 is 0 Å². The molecular formula is C17H18BrNO3S. The molecule has 2 N–H and O–H groups in total. The fourth-order valence-corrected chi connectivity index (χ4v) is 4.79. The Hall–Kier alpha value is -1.21. The molecule has 1 aliphatic carbocycles. The Kier molecular flexibility index (Phi) is 4.60. The summed E-state index contributed by atoms with van der Waals surface area (Å²) in [6.45, 7) is -0.0364. The van der Waals surface area contributed by atoms with Gasteiger partial charge in [-0.3, -0.25) is 0 Å². The van der Waals surface area contributed by atoms with Crippen molar-refractivity contribution in [3.05, 3.63) is 64.6 Å². The average molecular weight is 396 g/mol. The molecule has 1 atom stereocenters. The summed E-state index contributed by atoms with van der Waals surface area (Å²) in [7, 11) is -3.69. The van der Waals surface area contributed by atoms with Gasteiger partial charge in [-0.15, -0.1) is 0 Å². The lowest BCUT2D eigenvalue weighted by atomic mass is 9.89. The molecule has 0 heterocycles. The number of hydrogen-bond donors (Lipinski definition) is 2. The highest BCUT2D eigenvalue weighted by molar-refractivity contribution is 9.10. The van der Waals surface area contributed by atoms with E-state index in [1.807, 2.05) is 30.3 Å². The molecule has 122 valence electrons. The highest BCUT2D eigenvalue weighted by Gasteiger charge is 2.45. The van der Waals surface area contributed by atoms with Crippen molar-refractivity contribution in [2.24, 2.45) is 5.92 Å². The smallest absolute Gasteiger partial charge is 0.241 e. The number of aliphatic hydroxyl groups is 1. The highest BCUT2D eigenvalue weighted by Crippen LogP contribution is 2.45. The van der Waals surface area contributed by atoms with Crippen LogP contribution in [0.5, 0.6) is 0 Å². The summed E-state index contributed by atoms with van der Waals surface area (Å²) in [4.78, 5) is 0.172. The summed E-state index contributed by atoms with van der Waals surface area (Å²) in [5.41, 5.74) is -0.424. The normalized spacial score (nSPS) is 17.7. The molecule has 6 heteroatoms. The first-order valence-electron chi connectivity index (χ1n) is 7.45. The van der Waals surface area contributed by atoms with Crippen molar-refractivity contribution >= 4 is 26.0 Å². The monoisotopic (exact) mass is 395 g/mol. The van der Waals surface area contributed by atoms with Crippen LogP contribution in [-0.4, -0.2) is 20.1 Å². The van der Waals surface area contributed by atoms with E-state index in [2.05, 4.69) is 20.7 Å². The first-order valence-corrected chi connectivity index (χ1v) is 9.73. The van der Waals surface area contributed by atoms with Crippen molar-refractivity contribution in [1.82, 2.24) is 4.72 Å². The quantitative estimate of drug-likeness (QED) is 0.789. The fraction of sp³-hybridized carbons (Fsp3) is 0.294. The van der Waals surface area contributed by atoms with Gasteiger partial charge in [0.1, 0.15) is 5.60 Å². The van der Waals surface area contributed by atoms with E-state index in [0.29, 0.717) is 4.47 Å². The zero-order chi connectivity index (χ0) is 16.5. The van der Waals surface area contributed by atoms with E-state index in [4.69, 9.17) is 0 Å². The molecule has 4 nitrogen and oxygen atoms in total. The Morgan fingerprint density at radius 3 is 2.30 bits per heavy atom. The van der Waals surface area contributed by atoms with Crippen molar-refractivity contribution in [3.8, 4) is 0 Å². The minimum absolute atomic E-state index is 0.0364. The molecule has 1 saturated carbocycles. The number of nitrogens with one attached hydrogen (secondary N) is 1. The first-order chi connectivity index (χ1) is 10.9. The van der Waals surface area contributed by atoms with Crippen LogP contribution in [0.15, 0.2) is 64.0 Å². The second-order valence-electron chi connectivity index (χ2n) is 5.82. The Labute approximate surface area is 144 Å². The predicted octanol–water partition coefficient (Wildman–Crippen LogP) is 3.03. The van der Waals surface area contributed by atoms with Crippen molar-refractivity contribution in [1.29, 1.82) is 0 Å². The van der Waals surface area contributed by atoms with Gasteiger partial charge in [0, 0.05) is 11.0 Å². The fourth-order valence-electron chi connectivity index (χ4n) is 2.72. The third-order valence-electron chi connectivity index (χ3n) is 4.18. The van der Waals surface area contributed by atoms with Gasteiger partial charge in [-0.25, -0.2) is 13.1 Å². The molecule has 2 aromatic carbocycles. The molecular weight excluding hydrogens is 378 g/mol. The van der Waals surface area contributed by atoms with Crippen LogP contribution in [0.2, 0.25) is 0 Å². The maximum absolute atomic E-state index is 12.5. The van der Waals surface area contributed by atoms with Crippen molar-refractivity contribution in [2.45, 2.75) is 23.3 Å². The van der Waals surface area contributed by atoms with Gasteiger partial charge < -0.3 is 5.11 Å². The minimum atomic E-state index is -3.69. The van der Waals surface area contributed by atoms with Gasteiger partial charge >= 0.3 is 0 Å². The molecule has 0 amide bonds. The highest BCUT2D eigenvalue weighted by atomic mass is 79.9. The van der Waals surface area contributed by atoms with Crippen molar-refractivity contribution in [3.63, 3.8) is 0 Å². The second-order valence-corrected chi connectivity index (χ2v) is 8.41. The van der Waals surface area contributed by atoms with Crippen LogP contribution < -0.4 is 4.72 Å². The van der Waals surface area contributed by atoms with Crippen LogP contribution in [0.25, 0.3) is 0 Å². The third kappa shape index (κ3) is 3.50. The minimum Gasteiger partial charge on any atom is -0.383 e. The van der Waals surface area contributed by atoms with Crippen LogP contribution in [0.1, 0.15) is 18.4 Å². The number of hydrogen-bond acceptors (Lipinski definition) is 3. The number of rotatable bonds is 6. The van der Waals surface area contributed by atoms with Gasteiger partial charge in [0.25, 0.3) is 0 Å². The van der Waals surface area contributed by atoms with E-state index in [-0.39, 0.29) is 17.4 Å². The van der Waals surface area contributed by atoms with Crippen LogP contribution in [0.3, 0.4) is 0 Å². The molecule has 0 saturated heterocycles. The molecule has 1 aliphatic rings. The molecule has 0 spiro atoms. The second kappa shape index (κ2) is 6.36.